The monoisotopic (exact) mass is 331 g/mol. The third kappa shape index (κ3) is 2.96. The molecule has 3 aromatic rings. The van der Waals surface area contributed by atoms with Crippen molar-refractivity contribution in [2.24, 2.45) is 0 Å². The van der Waals surface area contributed by atoms with E-state index in [0.717, 1.165) is 23.0 Å². The molecule has 1 aromatic heterocycles. The van der Waals surface area contributed by atoms with Crippen LogP contribution in [0.4, 0.5) is 11.4 Å². The zero-order chi connectivity index (χ0) is 17.2. The maximum absolute atomic E-state index is 12.6. The fourth-order valence-electron chi connectivity index (χ4n) is 3.10. The van der Waals surface area contributed by atoms with E-state index in [-0.39, 0.29) is 11.8 Å². The molecule has 4 rings (SSSR count). The van der Waals surface area contributed by atoms with Gasteiger partial charge in [-0.2, -0.15) is 0 Å². The van der Waals surface area contributed by atoms with Gasteiger partial charge in [-0.05, 0) is 30.7 Å². The molecule has 5 heteroatoms. The van der Waals surface area contributed by atoms with E-state index in [0.29, 0.717) is 24.3 Å². The highest BCUT2D eigenvalue weighted by Crippen LogP contribution is 2.29. The van der Waals surface area contributed by atoms with Gasteiger partial charge in [0.25, 0.3) is 5.91 Å². The summed E-state index contributed by atoms with van der Waals surface area (Å²) in [6.45, 7) is 0.680. The molecule has 25 heavy (non-hydrogen) atoms. The molecule has 1 saturated heterocycles. The van der Waals surface area contributed by atoms with Gasteiger partial charge in [0.2, 0.25) is 5.91 Å². The Hall–Kier alpha value is -3.21. The fourth-order valence-corrected chi connectivity index (χ4v) is 3.10. The number of amides is 2. The van der Waals surface area contributed by atoms with Crippen molar-refractivity contribution in [1.29, 1.82) is 0 Å². The standard InChI is InChI=1S/C20H17N3O2/c24-19-10-5-13-23(19)18-9-4-3-8-16(18)22-20(25)17-12-11-14-6-1-2-7-15(14)21-17/h1-4,6-9,11-12H,5,10,13H2,(H,22,25). The van der Waals surface area contributed by atoms with Crippen LogP contribution in [0.15, 0.2) is 60.7 Å². The predicted octanol–water partition coefficient (Wildman–Crippen LogP) is 3.61. The van der Waals surface area contributed by atoms with E-state index in [1.807, 2.05) is 48.5 Å². The fraction of sp³-hybridized carbons (Fsp3) is 0.150. The van der Waals surface area contributed by atoms with Gasteiger partial charge in [-0.1, -0.05) is 36.4 Å². The Morgan fingerprint density at radius 1 is 1.00 bits per heavy atom. The lowest BCUT2D eigenvalue weighted by atomic mass is 10.2. The van der Waals surface area contributed by atoms with Gasteiger partial charge >= 0.3 is 0 Å². The molecule has 1 aliphatic rings. The second-order valence-corrected chi connectivity index (χ2v) is 6.01. The minimum atomic E-state index is -0.287. The third-order valence-electron chi connectivity index (χ3n) is 4.35. The smallest absolute Gasteiger partial charge is 0.274 e. The SMILES string of the molecule is O=C(Nc1ccccc1N1CCCC1=O)c1ccc2ccccc2n1. The number of aromatic nitrogens is 1. The molecule has 1 fully saturated rings. The number of para-hydroxylation sites is 3. The molecule has 1 aliphatic heterocycles. The Morgan fingerprint density at radius 2 is 1.80 bits per heavy atom. The zero-order valence-corrected chi connectivity index (χ0v) is 13.6. The molecule has 124 valence electrons. The molecule has 0 radical (unpaired) electrons. The largest absolute Gasteiger partial charge is 0.319 e. The van der Waals surface area contributed by atoms with Gasteiger partial charge in [-0.15, -0.1) is 0 Å². The number of carbonyl (C=O) groups excluding carboxylic acids is 2. The Kier molecular flexibility index (Phi) is 3.90. The van der Waals surface area contributed by atoms with E-state index in [4.69, 9.17) is 0 Å². The summed E-state index contributed by atoms with van der Waals surface area (Å²) < 4.78 is 0. The first-order valence-corrected chi connectivity index (χ1v) is 8.29. The van der Waals surface area contributed by atoms with Crippen molar-refractivity contribution in [3.05, 3.63) is 66.4 Å². The molecule has 2 amide bonds. The molecule has 0 atom stereocenters. The number of fused-ring (bicyclic) bond motifs is 1. The van der Waals surface area contributed by atoms with Crippen LogP contribution < -0.4 is 10.2 Å². The van der Waals surface area contributed by atoms with Crippen LogP contribution in [0.1, 0.15) is 23.3 Å². The van der Waals surface area contributed by atoms with Crippen LogP contribution in [0.25, 0.3) is 10.9 Å². The van der Waals surface area contributed by atoms with Crippen LogP contribution in [0, 0.1) is 0 Å². The van der Waals surface area contributed by atoms with E-state index < -0.39 is 0 Å². The van der Waals surface area contributed by atoms with E-state index in [9.17, 15) is 9.59 Å². The third-order valence-corrected chi connectivity index (χ3v) is 4.35. The summed E-state index contributed by atoms with van der Waals surface area (Å²) in [6, 6.07) is 18.6. The lowest BCUT2D eigenvalue weighted by Gasteiger charge is -2.19. The number of nitrogens with zero attached hydrogens (tertiary/aromatic N) is 2. The zero-order valence-electron chi connectivity index (χ0n) is 13.6. The first-order chi connectivity index (χ1) is 12.2. The first-order valence-electron chi connectivity index (χ1n) is 8.29. The van der Waals surface area contributed by atoms with Crippen LogP contribution in [0.5, 0.6) is 0 Å². The minimum absolute atomic E-state index is 0.0885. The maximum atomic E-state index is 12.6. The summed E-state index contributed by atoms with van der Waals surface area (Å²) in [5.41, 5.74) is 2.48. The molecule has 0 spiro atoms. The average molecular weight is 331 g/mol. The lowest BCUT2D eigenvalue weighted by Crippen LogP contribution is -2.25. The lowest BCUT2D eigenvalue weighted by molar-refractivity contribution is -0.117. The summed E-state index contributed by atoms with van der Waals surface area (Å²) in [5.74, 6) is -0.199. The number of anilines is 2. The molecule has 0 aliphatic carbocycles. The second-order valence-electron chi connectivity index (χ2n) is 6.01. The van der Waals surface area contributed by atoms with Gasteiger partial charge in [0, 0.05) is 18.4 Å². The molecular weight excluding hydrogens is 314 g/mol. The maximum Gasteiger partial charge on any atom is 0.274 e. The molecule has 5 nitrogen and oxygen atoms in total. The topological polar surface area (TPSA) is 62.3 Å². The van der Waals surface area contributed by atoms with Crippen molar-refractivity contribution >= 4 is 34.1 Å². The predicted molar refractivity (Wildman–Crippen MR) is 97.7 cm³/mol. The Labute approximate surface area is 145 Å². The van der Waals surface area contributed by atoms with Crippen LogP contribution in [-0.2, 0) is 4.79 Å². The number of hydrogen-bond acceptors (Lipinski definition) is 3. The van der Waals surface area contributed by atoms with Crippen molar-refractivity contribution in [3.63, 3.8) is 0 Å². The quantitative estimate of drug-likeness (QED) is 0.797. The number of benzene rings is 2. The Balaban J connectivity index is 1.63. The van der Waals surface area contributed by atoms with Crippen molar-refractivity contribution in [1.82, 2.24) is 4.98 Å². The van der Waals surface area contributed by atoms with Crippen LogP contribution >= 0.6 is 0 Å². The number of rotatable bonds is 3. The summed E-state index contributed by atoms with van der Waals surface area (Å²) in [6.07, 6.45) is 1.39. The van der Waals surface area contributed by atoms with Gasteiger partial charge in [-0.3, -0.25) is 9.59 Å². The van der Waals surface area contributed by atoms with Gasteiger partial charge in [0.1, 0.15) is 5.69 Å². The van der Waals surface area contributed by atoms with Crippen LogP contribution in [0.3, 0.4) is 0 Å². The number of nitrogens with one attached hydrogen (secondary N) is 1. The van der Waals surface area contributed by atoms with Gasteiger partial charge < -0.3 is 10.2 Å². The van der Waals surface area contributed by atoms with E-state index in [2.05, 4.69) is 10.3 Å². The normalized spacial score (nSPS) is 14.1. The van der Waals surface area contributed by atoms with Crippen molar-refractivity contribution in [2.45, 2.75) is 12.8 Å². The minimum Gasteiger partial charge on any atom is -0.319 e. The first kappa shape index (κ1) is 15.3. The van der Waals surface area contributed by atoms with E-state index >= 15 is 0 Å². The highest BCUT2D eigenvalue weighted by atomic mass is 16.2. The Bertz CT molecular complexity index is 968. The van der Waals surface area contributed by atoms with Gasteiger partial charge in [0.15, 0.2) is 0 Å². The highest BCUT2D eigenvalue weighted by molar-refractivity contribution is 6.07. The van der Waals surface area contributed by atoms with Crippen molar-refractivity contribution in [2.75, 3.05) is 16.8 Å². The Morgan fingerprint density at radius 3 is 2.64 bits per heavy atom. The molecule has 2 heterocycles. The second kappa shape index (κ2) is 6.36. The summed E-state index contributed by atoms with van der Waals surface area (Å²) in [7, 11) is 0. The summed E-state index contributed by atoms with van der Waals surface area (Å²) in [4.78, 5) is 30.8. The van der Waals surface area contributed by atoms with E-state index in [1.54, 1.807) is 17.0 Å². The number of carbonyl (C=O) groups is 2. The molecule has 0 bridgehead atoms. The molecular formula is C20H17N3O2. The van der Waals surface area contributed by atoms with Crippen molar-refractivity contribution < 1.29 is 9.59 Å². The summed E-state index contributed by atoms with van der Waals surface area (Å²) >= 11 is 0. The van der Waals surface area contributed by atoms with Crippen LogP contribution in [-0.4, -0.2) is 23.3 Å². The van der Waals surface area contributed by atoms with Gasteiger partial charge in [-0.25, -0.2) is 4.98 Å². The van der Waals surface area contributed by atoms with Gasteiger partial charge in [0.05, 0.1) is 16.9 Å². The molecule has 1 N–H and O–H groups in total. The molecule has 2 aromatic carbocycles. The summed E-state index contributed by atoms with van der Waals surface area (Å²) in [5, 5.41) is 3.88. The number of hydrogen-bond donors (Lipinski definition) is 1. The van der Waals surface area contributed by atoms with E-state index in [1.165, 1.54) is 0 Å². The van der Waals surface area contributed by atoms with Crippen LogP contribution in [0.2, 0.25) is 0 Å². The van der Waals surface area contributed by atoms with Crippen molar-refractivity contribution in [3.8, 4) is 0 Å². The average Bonchev–Trinajstić information content (AvgIpc) is 3.07. The molecule has 0 unspecified atom stereocenters. The molecule has 0 saturated carbocycles. The number of pyridine rings is 1. The highest BCUT2D eigenvalue weighted by Gasteiger charge is 2.24.